The number of carboxylic acid groups (broad SMARTS) is 1. The van der Waals surface area contributed by atoms with Crippen molar-refractivity contribution in [1.82, 2.24) is 0 Å². The lowest BCUT2D eigenvalue weighted by Gasteiger charge is -2.30. The molecule has 1 aliphatic rings. The molecular formula is C14H18ClNO2S. The molecule has 0 spiro atoms. The highest BCUT2D eigenvalue weighted by molar-refractivity contribution is 7.99. The summed E-state index contributed by atoms with van der Waals surface area (Å²) in [6, 6.07) is 7.42. The average Bonchev–Trinajstić information content (AvgIpc) is 2.39. The molecule has 1 aliphatic heterocycles. The zero-order valence-corrected chi connectivity index (χ0v) is 12.3. The van der Waals surface area contributed by atoms with Gasteiger partial charge in [-0.05, 0) is 48.5 Å². The molecule has 0 radical (unpaired) electrons. The fourth-order valence-corrected chi connectivity index (χ4v) is 3.69. The SMILES string of the molecule is O=C(O)CN(CC1CCCSC1)c1cccc(Cl)c1. The van der Waals surface area contributed by atoms with Crippen molar-refractivity contribution in [3.8, 4) is 0 Å². The molecule has 0 bridgehead atoms. The van der Waals surface area contributed by atoms with Gasteiger partial charge in [-0.15, -0.1) is 0 Å². The fraction of sp³-hybridized carbons (Fsp3) is 0.500. The zero-order chi connectivity index (χ0) is 13.7. The third kappa shape index (κ3) is 4.62. The molecule has 1 heterocycles. The maximum Gasteiger partial charge on any atom is 0.323 e. The molecule has 0 saturated carbocycles. The van der Waals surface area contributed by atoms with E-state index >= 15 is 0 Å². The summed E-state index contributed by atoms with van der Waals surface area (Å²) in [6.45, 7) is 0.821. The van der Waals surface area contributed by atoms with Crippen LogP contribution in [0.4, 0.5) is 5.69 Å². The summed E-state index contributed by atoms with van der Waals surface area (Å²) in [7, 11) is 0. The number of halogens is 1. The Labute approximate surface area is 122 Å². The first-order valence-corrected chi connectivity index (χ1v) is 7.98. The topological polar surface area (TPSA) is 40.5 Å². The second-order valence-corrected chi connectivity index (χ2v) is 6.42. The summed E-state index contributed by atoms with van der Waals surface area (Å²) in [5, 5.41) is 9.71. The molecule has 1 unspecified atom stereocenters. The Morgan fingerprint density at radius 2 is 2.37 bits per heavy atom. The fourth-order valence-electron chi connectivity index (χ4n) is 2.36. The van der Waals surface area contributed by atoms with Crippen LogP contribution in [-0.2, 0) is 4.79 Å². The van der Waals surface area contributed by atoms with Gasteiger partial charge in [0.25, 0.3) is 0 Å². The summed E-state index contributed by atoms with van der Waals surface area (Å²) < 4.78 is 0. The van der Waals surface area contributed by atoms with Crippen LogP contribution in [0.5, 0.6) is 0 Å². The number of hydrogen-bond acceptors (Lipinski definition) is 3. The van der Waals surface area contributed by atoms with E-state index in [0.717, 1.165) is 18.0 Å². The highest BCUT2D eigenvalue weighted by Gasteiger charge is 2.19. The second-order valence-electron chi connectivity index (χ2n) is 4.84. The van der Waals surface area contributed by atoms with Gasteiger partial charge in [-0.25, -0.2) is 0 Å². The third-order valence-electron chi connectivity index (χ3n) is 3.23. The molecule has 2 rings (SSSR count). The van der Waals surface area contributed by atoms with Crippen LogP contribution in [0.25, 0.3) is 0 Å². The van der Waals surface area contributed by atoms with Crippen molar-refractivity contribution in [3.05, 3.63) is 29.3 Å². The maximum atomic E-state index is 11.0. The Kier molecular flexibility index (Phi) is 5.40. The number of anilines is 1. The Balaban J connectivity index is 2.08. The van der Waals surface area contributed by atoms with Crippen LogP contribution < -0.4 is 4.90 Å². The van der Waals surface area contributed by atoms with Crippen molar-refractivity contribution < 1.29 is 9.90 Å². The van der Waals surface area contributed by atoms with E-state index in [1.165, 1.54) is 18.6 Å². The summed E-state index contributed by atoms with van der Waals surface area (Å²) in [6.07, 6.45) is 2.41. The van der Waals surface area contributed by atoms with Gasteiger partial charge in [0.15, 0.2) is 0 Å². The van der Waals surface area contributed by atoms with E-state index < -0.39 is 5.97 Å². The minimum atomic E-state index is -0.802. The van der Waals surface area contributed by atoms with Crippen molar-refractivity contribution >= 4 is 35.0 Å². The number of nitrogens with zero attached hydrogens (tertiary/aromatic N) is 1. The number of thioether (sulfide) groups is 1. The third-order valence-corrected chi connectivity index (χ3v) is 4.75. The minimum Gasteiger partial charge on any atom is -0.480 e. The average molecular weight is 300 g/mol. The molecule has 19 heavy (non-hydrogen) atoms. The summed E-state index contributed by atoms with van der Waals surface area (Å²) in [5.74, 6) is 2.11. The Morgan fingerprint density at radius 3 is 3.00 bits per heavy atom. The Bertz CT molecular complexity index is 435. The van der Waals surface area contributed by atoms with E-state index in [4.69, 9.17) is 16.7 Å². The molecule has 5 heteroatoms. The van der Waals surface area contributed by atoms with Crippen molar-refractivity contribution in [3.63, 3.8) is 0 Å². The molecule has 1 saturated heterocycles. The molecular weight excluding hydrogens is 282 g/mol. The number of hydrogen-bond donors (Lipinski definition) is 1. The van der Waals surface area contributed by atoms with E-state index in [2.05, 4.69) is 0 Å². The number of carbonyl (C=O) groups is 1. The van der Waals surface area contributed by atoms with Gasteiger partial charge in [0, 0.05) is 17.3 Å². The van der Waals surface area contributed by atoms with Gasteiger partial charge >= 0.3 is 5.97 Å². The molecule has 0 amide bonds. The smallest absolute Gasteiger partial charge is 0.323 e. The first-order valence-electron chi connectivity index (χ1n) is 6.45. The van der Waals surface area contributed by atoms with Crippen LogP contribution in [0.2, 0.25) is 5.02 Å². The Morgan fingerprint density at radius 1 is 1.53 bits per heavy atom. The lowest BCUT2D eigenvalue weighted by Crippen LogP contribution is -2.35. The molecule has 0 aliphatic carbocycles. The number of aliphatic carboxylic acids is 1. The van der Waals surface area contributed by atoms with Crippen LogP contribution in [0.1, 0.15) is 12.8 Å². The first kappa shape index (κ1) is 14.5. The van der Waals surface area contributed by atoms with Crippen molar-refractivity contribution in [2.45, 2.75) is 12.8 Å². The first-order chi connectivity index (χ1) is 9.15. The van der Waals surface area contributed by atoms with Gasteiger partial charge in [-0.2, -0.15) is 11.8 Å². The lowest BCUT2D eigenvalue weighted by molar-refractivity contribution is -0.135. The van der Waals surface area contributed by atoms with Gasteiger partial charge in [0.05, 0.1) is 0 Å². The summed E-state index contributed by atoms with van der Waals surface area (Å²) in [5.41, 5.74) is 0.894. The predicted molar refractivity (Wildman–Crippen MR) is 81.3 cm³/mol. The van der Waals surface area contributed by atoms with Crippen LogP contribution in [0, 0.1) is 5.92 Å². The van der Waals surface area contributed by atoms with E-state index in [1.807, 2.05) is 34.9 Å². The molecule has 0 aromatic heterocycles. The lowest BCUT2D eigenvalue weighted by atomic mass is 10.0. The van der Waals surface area contributed by atoms with Crippen molar-refractivity contribution in [2.24, 2.45) is 5.92 Å². The van der Waals surface area contributed by atoms with Gasteiger partial charge in [-0.3, -0.25) is 4.79 Å². The van der Waals surface area contributed by atoms with Crippen LogP contribution in [0.15, 0.2) is 24.3 Å². The number of carboxylic acids is 1. The molecule has 1 atom stereocenters. The number of benzene rings is 1. The molecule has 1 fully saturated rings. The highest BCUT2D eigenvalue weighted by Crippen LogP contribution is 2.26. The maximum absolute atomic E-state index is 11.0. The Hall–Kier alpha value is -0.870. The molecule has 1 N–H and O–H groups in total. The van der Waals surface area contributed by atoms with Crippen LogP contribution in [0.3, 0.4) is 0 Å². The highest BCUT2D eigenvalue weighted by atomic mass is 35.5. The minimum absolute atomic E-state index is 0.0293. The predicted octanol–water partition coefficient (Wildman–Crippen LogP) is 3.37. The summed E-state index contributed by atoms with van der Waals surface area (Å²) >= 11 is 7.95. The van der Waals surface area contributed by atoms with E-state index in [0.29, 0.717) is 10.9 Å². The van der Waals surface area contributed by atoms with E-state index in [-0.39, 0.29) is 6.54 Å². The standard InChI is InChI=1S/C14H18ClNO2S/c15-12-4-1-5-13(7-12)16(9-14(17)18)8-11-3-2-6-19-10-11/h1,4-5,7,11H,2-3,6,8-10H2,(H,17,18). The largest absolute Gasteiger partial charge is 0.480 e. The summed E-state index contributed by atoms with van der Waals surface area (Å²) in [4.78, 5) is 13.0. The van der Waals surface area contributed by atoms with Gasteiger partial charge < -0.3 is 10.0 Å². The van der Waals surface area contributed by atoms with E-state index in [1.54, 1.807) is 6.07 Å². The quantitative estimate of drug-likeness (QED) is 0.905. The zero-order valence-electron chi connectivity index (χ0n) is 10.7. The van der Waals surface area contributed by atoms with Crippen LogP contribution >= 0.6 is 23.4 Å². The van der Waals surface area contributed by atoms with Crippen molar-refractivity contribution in [1.29, 1.82) is 0 Å². The molecule has 1 aromatic carbocycles. The monoisotopic (exact) mass is 299 g/mol. The van der Waals surface area contributed by atoms with Crippen LogP contribution in [-0.4, -0.2) is 35.7 Å². The van der Waals surface area contributed by atoms with Crippen molar-refractivity contribution in [2.75, 3.05) is 29.5 Å². The second kappa shape index (κ2) is 7.06. The number of rotatable bonds is 5. The van der Waals surface area contributed by atoms with Gasteiger partial charge in [0.1, 0.15) is 6.54 Å². The van der Waals surface area contributed by atoms with Gasteiger partial charge in [0.2, 0.25) is 0 Å². The van der Waals surface area contributed by atoms with E-state index in [9.17, 15) is 4.79 Å². The molecule has 1 aromatic rings. The molecule has 3 nitrogen and oxygen atoms in total. The van der Waals surface area contributed by atoms with Gasteiger partial charge in [-0.1, -0.05) is 17.7 Å². The molecule has 104 valence electrons. The normalized spacial score (nSPS) is 19.1.